The maximum atomic E-state index is 13.4. The van der Waals surface area contributed by atoms with Crippen LogP contribution in [0.25, 0.3) is 10.8 Å². The number of nitrogens with zero attached hydrogens (tertiary/aromatic N) is 3. The number of aliphatic imine (C=N–C) groups is 1. The minimum Gasteiger partial charge on any atom is -0.370 e. The average molecular weight is 522 g/mol. The van der Waals surface area contributed by atoms with Crippen molar-refractivity contribution in [3.05, 3.63) is 47.5 Å². The Morgan fingerprint density at radius 1 is 1.21 bits per heavy atom. The molecule has 0 aromatic heterocycles. The van der Waals surface area contributed by atoms with Crippen molar-refractivity contribution >= 4 is 40.4 Å². The van der Waals surface area contributed by atoms with Crippen LogP contribution in [0.2, 0.25) is 0 Å². The third-order valence-corrected chi connectivity index (χ3v) is 7.99. The second kappa shape index (κ2) is 8.13. The van der Waals surface area contributed by atoms with E-state index in [1.165, 1.54) is 4.90 Å². The van der Waals surface area contributed by atoms with Gasteiger partial charge in [-0.25, -0.2) is 10.3 Å². The molecule has 2 unspecified atom stereocenters. The maximum Gasteiger partial charge on any atom is 0.343 e. The summed E-state index contributed by atoms with van der Waals surface area (Å²) in [5.74, 6) is -3.75. The van der Waals surface area contributed by atoms with Gasteiger partial charge >= 0.3 is 5.96 Å². The van der Waals surface area contributed by atoms with Crippen molar-refractivity contribution in [1.29, 1.82) is 0 Å². The predicted octanol–water partition coefficient (Wildman–Crippen LogP) is -3.85. The van der Waals surface area contributed by atoms with E-state index >= 15 is 0 Å². The minimum absolute atomic E-state index is 0.0397. The number of likely N-dealkylation sites (tertiary alicyclic amines) is 1. The van der Waals surface area contributed by atoms with Crippen LogP contribution in [-0.2, 0) is 9.59 Å². The lowest BCUT2D eigenvalue weighted by molar-refractivity contribution is -0.521. The molecule has 4 aliphatic heterocycles. The molecule has 0 saturated carbocycles. The first-order valence-electron chi connectivity index (χ1n) is 12.4. The molecular weight excluding hydrogens is 492 g/mol. The first kappa shape index (κ1) is 24.1. The van der Waals surface area contributed by atoms with Crippen molar-refractivity contribution in [2.24, 2.45) is 16.5 Å². The van der Waals surface area contributed by atoms with Gasteiger partial charge in [-0.2, -0.15) is 0 Å². The monoisotopic (exact) mass is 521 g/mol. The lowest BCUT2D eigenvalue weighted by atomic mass is 9.84. The van der Waals surface area contributed by atoms with Crippen molar-refractivity contribution in [3.8, 4) is 0 Å². The molecule has 13 heteroatoms. The average Bonchev–Trinajstić information content (AvgIpc) is 3.46. The first-order valence-corrected chi connectivity index (χ1v) is 12.4. The second-order valence-electron chi connectivity index (χ2n) is 10.3. The zero-order valence-electron chi connectivity index (χ0n) is 20.6. The van der Waals surface area contributed by atoms with Gasteiger partial charge in [0.2, 0.25) is 17.6 Å². The number of amides is 3. The maximum absolute atomic E-state index is 13.4. The molecule has 4 aliphatic rings. The van der Waals surface area contributed by atoms with Crippen molar-refractivity contribution in [2.75, 3.05) is 13.1 Å². The number of imide groups is 1. The quantitative estimate of drug-likeness (QED) is 0.155. The molecule has 3 amide bonds. The number of aliphatic hydroxyl groups is 2. The third-order valence-electron chi connectivity index (χ3n) is 7.99. The standard InChI is InChI=1S/C25H28N8O5/c1-12-5-6-14-13(9-12)3-2-4-15(14)21(36)29-17-11-33-23(27)28-16(10-32-18(34)7-8-19(32)35)20-24(33,25(17,37)38)31-22(26)30-20/h2-6,9,16-17,20,37-38H,7-8,10-11H2,1H3,(H2,27,28)(H,29,36)(H3,26,30,31)/p+1/t16-,17?,20-,24?/m0/s1. The van der Waals surface area contributed by atoms with Crippen LogP contribution in [0.15, 0.2) is 41.4 Å². The SMILES string of the molecule is Cc1ccc2c(C(=O)NC3CN4C(N)=N[C@@H](CN5C(=O)CCC5=O)[C@@H]5[NH+]=C(N)NC54C3(O)O)cccc2c1. The molecule has 13 nitrogen and oxygen atoms in total. The summed E-state index contributed by atoms with van der Waals surface area (Å²) in [6.07, 6.45) is 0.219. The fourth-order valence-electron chi connectivity index (χ4n) is 6.17. The normalized spacial score (nSPS) is 29.6. The van der Waals surface area contributed by atoms with Gasteiger partial charge in [-0.05, 0) is 23.8 Å². The Hall–Kier alpha value is -4.23. The number of nitrogens with two attached hydrogens (primary N) is 2. The summed E-state index contributed by atoms with van der Waals surface area (Å²) in [5, 5.41) is 30.6. The van der Waals surface area contributed by atoms with E-state index in [-0.39, 0.29) is 49.7 Å². The summed E-state index contributed by atoms with van der Waals surface area (Å²) in [6, 6.07) is 8.13. The highest BCUT2D eigenvalue weighted by Crippen LogP contribution is 2.41. The van der Waals surface area contributed by atoms with Crippen LogP contribution in [0.1, 0.15) is 28.8 Å². The molecule has 38 heavy (non-hydrogen) atoms. The molecule has 9 N–H and O–H groups in total. The van der Waals surface area contributed by atoms with E-state index < -0.39 is 35.5 Å². The summed E-state index contributed by atoms with van der Waals surface area (Å²) in [7, 11) is 0. The van der Waals surface area contributed by atoms with Crippen LogP contribution >= 0.6 is 0 Å². The number of guanidine groups is 2. The Kier molecular flexibility index (Phi) is 5.16. The lowest BCUT2D eigenvalue weighted by Crippen LogP contribution is -2.90. The molecule has 0 bridgehead atoms. The van der Waals surface area contributed by atoms with Gasteiger partial charge in [-0.3, -0.25) is 34.9 Å². The Labute approximate surface area is 217 Å². The van der Waals surface area contributed by atoms with E-state index in [1.807, 2.05) is 31.2 Å². The predicted molar refractivity (Wildman–Crippen MR) is 135 cm³/mol. The number of hydrogen-bond donors (Lipinski definition) is 7. The zero-order chi connectivity index (χ0) is 27.0. The lowest BCUT2D eigenvalue weighted by Gasteiger charge is -2.46. The highest BCUT2D eigenvalue weighted by atomic mass is 16.5. The van der Waals surface area contributed by atoms with Gasteiger partial charge in [0.25, 0.3) is 11.6 Å². The number of carbonyl (C=O) groups is 3. The molecule has 2 fully saturated rings. The second-order valence-corrected chi connectivity index (χ2v) is 10.3. The first-order chi connectivity index (χ1) is 18.0. The molecule has 6 rings (SSSR count). The van der Waals surface area contributed by atoms with Crippen LogP contribution in [0.5, 0.6) is 0 Å². The zero-order valence-corrected chi connectivity index (χ0v) is 20.6. The van der Waals surface area contributed by atoms with Gasteiger partial charge in [0, 0.05) is 18.4 Å². The topological polar surface area (TPSA) is 201 Å². The fraction of sp³-hybridized carbons (Fsp3) is 0.400. The summed E-state index contributed by atoms with van der Waals surface area (Å²) in [4.78, 5) is 48.0. The number of fused-ring (bicyclic) bond motifs is 1. The number of hydrogen-bond acceptors (Lipinski definition) is 10. The van der Waals surface area contributed by atoms with E-state index in [4.69, 9.17) is 11.5 Å². The Morgan fingerprint density at radius 2 is 1.95 bits per heavy atom. The van der Waals surface area contributed by atoms with Crippen molar-refractivity contribution in [2.45, 2.75) is 49.3 Å². The Balaban J connectivity index is 1.33. The third kappa shape index (κ3) is 3.28. The number of benzene rings is 2. The molecule has 198 valence electrons. The van der Waals surface area contributed by atoms with E-state index in [1.54, 1.807) is 12.1 Å². The molecule has 2 saturated heterocycles. The van der Waals surface area contributed by atoms with Crippen molar-refractivity contribution in [3.63, 3.8) is 0 Å². The summed E-state index contributed by atoms with van der Waals surface area (Å²) in [5.41, 5.74) is 12.1. The number of nitrogens with one attached hydrogen (secondary N) is 3. The van der Waals surface area contributed by atoms with Crippen LogP contribution in [0.4, 0.5) is 0 Å². The van der Waals surface area contributed by atoms with E-state index in [9.17, 15) is 24.6 Å². The highest BCUT2D eigenvalue weighted by molar-refractivity contribution is 6.07. The smallest absolute Gasteiger partial charge is 0.343 e. The van der Waals surface area contributed by atoms with Crippen molar-refractivity contribution < 1.29 is 29.6 Å². The largest absolute Gasteiger partial charge is 0.370 e. The molecule has 4 atom stereocenters. The van der Waals surface area contributed by atoms with Gasteiger partial charge in [0.1, 0.15) is 12.1 Å². The number of rotatable bonds is 4. The highest BCUT2D eigenvalue weighted by Gasteiger charge is 2.76. The van der Waals surface area contributed by atoms with Crippen LogP contribution < -0.4 is 27.1 Å². The van der Waals surface area contributed by atoms with Crippen LogP contribution in [0.3, 0.4) is 0 Å². The fourth-order valence-corrected chi connectivity index (χ4v) is 6.17. The molecule has 2 aromatic carbocycles. The van der Waals surface area contributed by atoms with Gasteiger partial charge in [0.15, 0.2) is 12.0 Å². The molecule has 4 heterocycles. The minimum atomic E-state index is -2.60. The van der Waals surface area contributed by atoms with Gasteiger partial charge in [-0.15, -0.1) is 0 Å². The van der Waals surface area contributed by atoms with E-state index in [0.29, 0.717) is 5.56 Å². The summed E-state index contributed by atoms with van der Waals surface area (Å²) >= 11 is 0. The van der Waals surface area contributed by atoms with Gasteiger partial charge in [0.05, 0.1) is 13.1 Å². The molecular formula is C25H29N8O5+. The molecule has 0 aliphatic carbocycles. The van der Waals surface area contributed by atoms with Gasteiger partial charge < -0.3 is 21.3 Å². The van der Waals surface area contributed by atoms with E-state index in [0.717, 1.165) is 21.2 Å². The van der Waals surface area contributed by atoms with Crippen LogP contribution in [0, 0.1) is 6.92 Å². The molecule has 0 radical (unpaired) electrons. The number of carbonyl (C=O) groups excluding carboxylic acids is 3. The summed E-state index contributed by atoms with van der Waals surface area (Å²) < 4.78 is 0. The molecule has 1 spiro atoms. The molecule has 2 aromatic rings. The van der Waals surface area contributed by atoms with E-state index in [2.05, 4.69) is 20.6 Å². The van der Waals surface area contributed by atoms with Gasteiger partial charge in [-0.1, -0.05) is 35.9 Å². The van der Waals surface area contributed by atoms with Crippen molar-refractivity contribution in [1.82, 2.24) is 20.4 Å². The summed E-state index contributed by atoms with van der Waals surface area (Å²) in [6.45, 7) is 1.76. The Morgan fingerprint density at radius 3 is 2.68 bits per heavy atom. The Bertz CT molecular complexity index is 1440. The van der Waals surface area contributed by atoms with Crippen LogP contribution in [-0.4, -0.2) is 92.3 Å². The number of aryl methyl sites for hydroxylation is 1.